The lowest BCUT2D eigenvalue weighted by Gasteiger charge is -2.62. The van der Waals surface area contributed by atoms with Gasteiger partial charge in [0.1, 0.15) is 0 Å². The summed E-state index contributed by atoms with van der Waals surface area (Å²) >= 11 is 0. The van der Waals surface area contributed by atoms with Crippen molar-refractivity contribution < 1.29 is 24.5 Å². The minimum Gasteiger partial charge on any atom is -0.493 e. The largest absolute Gasteiger partial charge is 0.493 e. The minimum absolute atomic E-state index is 0.0465. The maximum Gasteiger partial charge on any atom is 0.328 e. The molecule has 256 valence electrons. The number of carbonyl (C=O) groups is 1. The lowest BCUT2D eigenvalue weighted by Crippen LogP contribution is -2.55. The molecular formula is C41H62O5. The van der Waals surface area contributed by atoms with Crippen molar-refractivity contribution in [3.05, 3.63) is 52.6 Å². The van der Waals surface area contributed by atoms with E-state index in [2.05, 4.69) is 61.5 Å². The summed E-state index contributed by atoms with van der Waals surface area (Å²) in [4.78, 5) is 10.3. The predicted octanol–water partition coefficient (Wildman–Crippen LogP) is 10.3. The summed E-state index contributed by atoms with van der Waals surface area (Å²) in [7, 11) is 3.08. The van der Waals surface area contributed by atoms with Gasteiger partial charge in [-0.1, -0.05) is 70.4 Å². The van der Waals surface area contributed by atoms with Gasteiger partial charge in [-0.2, -0.15) is 0 Å². The molecule has 1 aromatic rings. The highest BCUT2D eigenvalue weighted by Gasteiger charge is 2.63. The van der Waals surface area contributed by atoms with E-state index in [1.807, 2.05) is 11.1 Å². The Morgan fingerprint density at radius 3 is 2.28 bits per heavy atom. The number of carboxylic acid groups (broad SMARTS) is 1. The van der Waals surface area contributed by atoms with E-state index in [9.17, 15) is 9.90 Å². The molecule has 2 saturated carbocycles. The van der Waals surface area contributed by atoms with Crippen LogP contribution in [-0.2, 0) is 4.79 Å². The fourth-order valence-corrected chi connectivity index (χ4v) is 10.6. The smallest absolute Gasteiger partial charge is 0.328 e. The van der Waals surface area contributed by atoms with Gasteiger partial charge in [0.15, 0.2) is 11.5 Å². The molecule has 0 radical (unpaired) electrons. The van der Waals surface area contributed by atoms with Gasteiger partial charge < -0.3 is 19.7 Å². The number of benzene rings is 1. The summed E-state index contributed by atoms with van der Waals surface area (Å²) in [6.45, 7) is 19.6. The Morgan fingerprint density at radius 2 is 1.65 bits per heavy atom. The summed E-state index contributed by atoms with van der Waals surface area (Å²) in [6, 6.07) is 5.18. The van der Waals surface area contributed by atoms with Crippen LogP contribution in [0.4, 0.5) is 0 Å². The average Bonchev–Trinajstić information content (AvgIpc) is 3.29. The van der Waals surface area contributed by atoms with Crippen LogP contribution in [0, 0.1) is 39.4 Å². The SMILES string of the molecule is CC(C)=CCCC(C)C1CCC2(C)C3=C(CCC12C)C1(C)CCC(O)C(C)(C)C1CC3.COc1ccc(C=CC(=O)O)cc1OC. The lowest BCUT2D eigenvalue weighted by atomic mass is 9.43. The monoisotopic (exact) mass is 634 g/mol. The van der Waals surface area contributed by atoms with Gasteiger partial charge in [0.25, 0.3) is 0 Å². The number of methoxy groups -OCH3 is 2. The molecule has 5 nitrogen and oxygen atoms in total. The van der Waals surface area contributed by atoms with E-state index in [0.29, 0.717) is 33.7 Å². The van der Waals surface area contributed by atoms with Crippen molar-refractivity contribution in [2.45, 2.75) is 126 Å². The first-order chi connectivity index (χ1) is 21.5. The van der Waals surface area contributed by atoms with Crippen LogP contribution in [-0.4, -0.2) is 36.5 Å². The molecular weight excluding hydrogens is 572 g/mol. The molecule has 5 heteroatoms. The zero-order valence-electron chi connectivity index (χ0n) is 30.5. The van der Waals surface area contributed by atoms with Crippen LogP contribution in [0.1, 0.15) is 125 Å². The molecule has 2 fully saturated rings. The molecule has 0 aliphatic heterocycles. The second-order valence-electron chi connectivity index (χ2n) is 16.4. The number of aliphatic hydroxyl groups excluding tert-OH is 1. The van der Waals surface area contributed by atoms with Gasteiger partial charge in [0.05, 0.1) is 20.3 Å². The molecule has 0 heterocycles. The first-order valence-corrected chi connectivity index (χ1v) is 17.7. The molecule has 7 unspecified atom stereocenters. The van der Waals surface area contributed by atoms with Crippen molar-refractivity contribution in [3.8, 4) is 11.5 Å². The van der Waals surface area contributed by atoms with Crippen LogP contribution >= 0.6 is 0 Å². The standard InChI is InChI=1S/C30H50O.C11H12O4/c1-20(2)10-9-11-21(3)22-14-18-30(8)24-12-13-25-27(4,5)26(31)16-17-28(25,6)23(24)15-19-29(22,30)7;1-14-9-5-3-8(4-6-11(12)13)7-10(9)15-2/h10,21-22,25-26,31H,9,11-19H2,1-8H3;3-7H,1-2H3,(H,12,13). The van der Waals surface area contributed by atoms with E-state index in [-0.39, 0.29) is 11.5 Å². The van der Waals surface area contributed by atoms with Crippen molar-refractivity contribution in [3.63, 3.8) is 0 Å². The molecule has 5 rings (SSSR count). The highest BCUT2D eigenvalue weighted by atomic mass is 16.5. The first kappa shape index (κ1) is 36.3. The van der Waals surface area contributed by atoms with E-state index in [1.54, 1.807) is 25.3 Å². The Morgan fingerprint density at radius 1 is 0.957 bits per heavy atom. The van der Waals surface area contributed by atoms with Crippen LogP contribution in [0.15, 0.2) is 47.1 Å². The molecule has 1 aromatic carbocycles. The average molecular weight is 635 g/mol. The number of aliphatic hydroxyl groups is 1. The van der Waals surface area contributed by atoms with Crippen LogP contribution in [0.25, 0.3) is 6.08 Å². The Bertz CT molecular complexity index is 1350. The number of rotatable bonds is 8. The number of ether oxygens (including phenoxy) is 2. The molecule has 46 heavy (non-hydrogen) atoms. The van der Waals surface area contributed by atoms with Gasteiger partial charge >= 0.3 is 5.97 Å². The van der Waals surface area contributed by atoms with Crippen LogP contribution in [0.2, 0.25) is 0 Å². The highest BCUT2D eigenvalue weighted by Crippen LogP contribution is 2.72. The molecule has 2 N–H and O–H groups in total. The molecule has 4 aliphatic carbocycles. The number of hydrogen-bond acceptors (Lipinski definition) is 4. The fraction of sp³-hybridized carbons (Fsp3) is 0.683. The first-order valence-electron chi connectivity index (χ1n) is 17.7. The molecule has 7 atom stereocenters. The number of fused-ring (bicyclic) bond motifs is 4. The van der Waals surface area contributed by atoms with Gasteiger partial charge in [0, 0.05) is 6.08 Å². The highest BCUT2D eigenvalue weighted by molar-refractivity contribution is 5.85. The van der Waals surface area contributed by atoms with Gasteiger partial charge in [-0.05, 0) is 141 Å². The zero-order valence-corrected chi connectivity index (χ0v) is 30.5. The quantitative estimate of drug-likeness (QED) is 0.220. The Kier molecular flexibility index (Phi) is 11.0. The van der Waals surface area contributed by atoms with Gasteiger partial charge in [-0.3, -0.25) is 0 Å². The topological polar surface area (TPSA) is 76.0 Å². The third kappa shape index (κ3) is 6.60. The summed E-state index contributed by atoms with van der Waals surface area (Å²) in [6.07, 6.45) is 17.7. The Labute approximate surface area is 279 Å². The van der Waals surface area contributed by atoms with Gasteiger partial charge in [-0.25, -0.2) is 4.79 Å². The zero-order chi connectivity index (χ0) is 34.1. The molecule has 0 amide bonds. The predicted molar refractivity (Wildman–Crippen MR) is 189 cm³/mol. The van der Waals surface area contributed by atoms with E-state index in [0.717, 1.165) is 29.9 Å². The number of allylic oxidation sites excluding steroid dienone is 4. The second kappa shape index (κ2) is 13.9. The maximum absolute atomic E-state index is 10.8. The van der Waals surface area contributed by atoms with Crippen LogP contribution in [0.5, 0.6) is 11.5 Å². The fourth-order valence-electron chi connectivity index (χ4n) is 10.6. The number of hydrogen-bond donors (Lipinski definition) is 2. The van der Waals surface area contributed by atoms with Crippen molar-refractivity contribution >= 4 is 12.0 Å². The molecule has 0 spiro atoms. The third-order valence-electron chi connectivity index (χ3n) is 13.5. The van der Waals surface area contributed by atoms with Crippen LogP contribution in [0.3, 0.4) is 0 Å². The van der Waals surface area contributed by atoms with Crippen molar-refractivity contribution in [2.75, 3.05) is 14.2 Å². The summed E-state index contributed by atoms with van der Waals surface area (Å²) < 4.78 is 10.1. The Hall–Kier alpha value is -2.53. The van der Waals surface area contributed by atoms with Crippen LogP contribution < -0.4 is 9.47 Å². The molecule has 0 aromatic heterocycles. The van der Waals surface area contributed by atoms with E-state index in [1.165, 1.54) is 76.5 Å². The Balaban J connectivity index is 0.000000270. The molecule has 4 aliphatic rings. The summed E-state index contributed by atoms with van der Waals surface area (Å²) in [5, 5.41) is 19.3. The van der Waals surface area contributed by atoms with Crippen molar-refractivity contribution in [1.29, 1.82) is 0 Å². The normalized spacial score (nSPS) is 33.6. The second-order valence-corrected chi connectivity index (χ2v) is 16.4. The number of carboxylic acids is 1. The third-order valence-corrected chi connectivity index (χ3v) is 13.5. The summed E-state index contributed by atoms with van der Waals surface area (Å²) in [5.41, 5.74) is 7.15. The summed E-state index contributed by atoms with van der Waals surface area (Å²) in [5.74, 6) is 2.53. The van der Waals surface area contributed by atoms with Crippen molar-refractivity contribution in [2.24, 2.45) is 39.4 Å². The van der Waals surface area contributed by atoms with Gasteiger partial charge in [0.2, 0.25) is 0 Å². The van der Waals surface area contributed by atoms with Crippen molar-refractivity contribution in [1.82, 2.24) is 0 Å². The molecule has 0 bridgehead atoms. The number of aliphatic carboxylic acids is 1. The lowest BCUT2D eigenvalue weighted by molar-refractivity contribution is -0.131. The maximum atomic E-state index is 10.8. The minimum atomic E-state index is -0.982. The van der Waals surface area contributed by atoms with E-state index < -0.39 is 5.97 Å². The molecule has 0 saturated heterocycles. The van der Waals surface area contributed by atoms with E-state index in [4.69, 9.17) is 14.6 Å². The van der Waals surface area contributed by atoms with E-state index >= 15 is 0 Å². The van der Waals surface area contributed by atoms with Gasteiger partial charge in [-0.15, -0.1) is 0 Å².